The largest absolute Gasteiger partial charge is 0.466 e. The minimum Gasteiger partial charge on any atom is -0.466 e. The van der Waals surface area contributed by atoms with Gasteiger partial charge in [0.05, 0.1) is 25.4 Å². The van der Waals surface area contributed by atoms with Crippen molar-refractivity contribution in [2.45, 2.75) is 63.9 Å². The van der Waals surface area contributed by atoms with E-state index in [1.807, 2.05) is 43.3 Å². The van der Waals surface area contributed by atoms with Gasteiger partial charge in [0, 0.05) is 6.08 Å². The van der Waals surface area contributed by atoms with Crippen LogP contribution in [0, 0.1) is 0 Å². The van der Waals surface area contributed by atoms with Crippen LogP contribution < -0.4 is 0 Å². The third-order valence-electron chi connectivity index (χ3n) is 5.42. The molecule has 0 aromatic heterocycles. The van der Waals surface area contributed by atoms with Gasteiger partial charge in [-0.1, -0.05) is 55.0 Å². The van der Waals surface area contributed by atoms with Crippen LogP contribution in [0.4, 0.5) is 0 Å². The van der Waals surface area contributed by atoms with Crippen LogP contribution in [0.25, 0.3) is 0 Å². The first-order valence-corrected chi connectivity index (χ1v) is 11.8. The Hall–Kier alpha value is -3.45. The van der Waals surface area contributed by atoms with Crippen LogP contribution in [-0.4, -0.2) is 43.8 Å². The highest BCUT2D eigenvalue weighted by Crippen LogP contribution is 2.18. The maximum absolute atomic E-state index is 12.2. The summed E-state index contributed by atoms with van der Waals surface area (Å²) in [6, 6.07) is 18.5. The standard InChI is InChI=1S/C28H34O7/c1-22(35-28(31)24-15-9-5-10-16-24)12-6-3-11-17-25(34-21-29)26(18-19-27(30)32-2)33-20-23-13-7-4-8-14-23/h4-5,7-10,13-16,18-19,21-22,25-26H,3,6,11-12,17,20H2,1-2H3/b19-18+/t22-,25+,26+/m0/s1. The number of rotatable bonds is 16. The van der Waals surface area contributed by atoms with Gasteiger partial charge < -0.3 is 18.9 Å². The molecule has 3 atom stereocenters. The molecule has 188 valence electrons. The fraction of sp³-hybridized carbons (Fsp3) is 0.393. The second kappa shape index (κ2) is 16.2. The van der Waals surface area contributed by atoms with Crippen molar-refractivity contribution in [3.05, 3.63) is 83.9 Å². The van der Waals surface area contributed by atoms with Crippen molar-refractivity contribution in [1.29, 1.82) is 0 Å². The van der Waals surface area contributed by atoms with Gasteiger partial charge >= 0.3 is 11.9 Å². The number of esters is 2. The summed E-state index contributed by atoms with van der Waals surface area (Å²) < 4.78 is 21.5. The van der Waals surface area contributed by atoms with Gasteiger partial charge in [0.15, 0.2) is 0 Å². The van der Waals surface area contributed by atoms with E-state index in [4.69, 9.17) is 14.2 Å². The lowest BCUT2D eigenvalue weighted by Crippen LogP contribution is -2.30. The predicted octanol–water partition coefficient (Wildman–Crippen LogP) is 5.04. The smallest absolute Gasteiger partial charge is 0.338 e. The molecule has 0 unspecified atom stereocenters. The molecule has 0 saturated carbocycles. The lowest BCUT2D eigenvalue weighted by Gasteiger charge is -2.24. The van der Waals surface area contributed by atoms with E-state index >= 15 is 0 Å². The second-order valence-corrected chi connectivity index (χ2v) is 8.13. The Bertz CT molecular complexity index is 911. The van der Waals surface area contributed by atoms with Gasteiger partial charge in [-0.05, 0) is 56.4 Å². The Kier molecular flexibility index (Phi) is 12.9. The number of hydrogen-bond donors (Lipinski definition) is 0. The molecule has 0 aliphatic rings. The van der Waals surface area contributed by atoms with Crippen LogP contribution in [0.1, 0.15) is 54.9 Å². The third kappa shape index (κ3) is 11.0. The van der Waals surface area contributed by atoms with Crippen molar-refractivity contribution in [2.24, 2.45) is 0 Å². The number of carbonyl (C=O) groups excluding carboxylic acids is 3. The summed E-state index contributed by atoms with van der Waals surface area (Å²) in [5, 5.41) is 0. The van der Waals surface area contributed by atoms with Crippen LogP contribution in [-0.2, 0) is 35.1 Å². The number of hydrogen-bond acceptors (Lipinski definition) is 7. The first kappa shape index (κ1) is 27.8. The van der Waals surface area contributed by atoms with Crippen molar-refractivity contribution in [2.75, 3.05) is 7.11 Å². The molecule has 2 rings (SSSR count). The molecule has 0 amide bonds. The molecule has 35 heavy (non-hydrogen) atoms. The number of methoxy groups -OCH3 is 1. The molecule has 0 bridgehead atoms. The Morgan fingerprint density at radius 3 is 2.23 bits per heavy atom. The number of ether oxygens (including phenoxy) is 4. The van der Waals surface area contributed by atoms with Crippen LogP contribution in [0.3, 0.4) is 0 Å². The Morgan fingerprint density at radius 2 is 1.57 bits per heavy atom. The minimum absolute atomic E-state index is 0.199. The zero-order chi connectivity index (χ0) is 25.3. The molecule has 0 aliphatic heterocycles. The van der Waals surface area contributed by atoms with Crippen LogP contribution in [0.15, 0.2) is 72.8 Å². The molecule has 0 fully saturated rings. The molecule has 0 saturated heterocycles. The Balaban J connectivity index is 1.83. The number of benzene rings is 2. The molecule has 0 aliphatic carbocycles. The van der Waals surface area contributed by atoms with E-state index < -0.39 is 18.2 Å². The third-order valence-corrected chi connectivity index (χ3v) is 5.42. The van der Waals surface area contributed by atoms with Gasteiger partial charge in [0.25, 0.3) is 6.47 Å². The summed E-state index contributed by atoms with van der Waals surface area (Å²) in [4.78, 5) is 34.9. The molecule has 0 heterocycles. The van der Waals surface area contributed by atoms with E-state index in [0.717, 1.165) is 31.2 Å². The van der Waals surface area contributed by atoms with Gasteiger partial charge in [-0.2, -0.15) is 0 Å². The average molecular weight is 483 g/mol. The molecule has 7 nitrogen and oxygen atoms in total. The lowest BCUT2D eigenvalue weighted by atomic mass is 10.0. The predicted molar refractivity (Wildman–Crippen MR) is 132 cm³/mol. The summed E-state index contributed by atoms with van der Waals surface area (Å²) in [7, 11) is 1.30. The first-order valence-electron chi connectivity index (χ1n) is 11.8. The molecular weight excluding hydrogens is 448 g/mol. The maximum Gasteiger partial charge on any atom is 0.338 e. The Labute approximate surface area is 207 Å². The Morgan fingerprint density at radius 1 is 0.914 bits per heavy atom. The molecule has 0 spiro atoms. The highest BCUT2D eigenvalue weighted by Gasteiger charge is 2.22. The average Bonchev–Trinajstić information content (AvgIpc) is 2.89. The quantitative estimate of drug-likeness (QED) is 0.109. The van der Waals surface area contributed by atoms with E-state index in [0.29, 0.717) is 25.1 Å². The lowest BCUT2D eigenvalue weighted by molar-refractivity contribution is -0.141. The highest BCUT2D eigenvalue weighted by atomic mass is 16.6. The monoisotopic (exact) mass is 482 g/mol. The van der Waals surface area contributed by atoms with Gasteiger partial charge in [-0.3, -0.25) is 4.79 Å². The normalized spacial score (nSPS) is 13.5. The molecule has 0 radical (unpaired) electrons. The van der Waals surface area contributed by atoms with E-state index in [2.05, 4.69) is 4.74 Å². The van der Waals surface area contributed by atoms with E-state index in [1.54, 1.807) is 30.3 Å². The first-order chi connectivity index (χ1) is 17.0. The van der Waals surface area contributed by atoms with Crippen molar-refractivity contribution in [3.8, 4) is 0 Å². The summed E-state index contributed by atoms with van der Waals surface area (Å²) in [5.41, 5.74) is 1.50. The molecule has 7 heteroatoms. The van der Waals surface area contributed by atoms with Crippen LogP contribution in [0.2, 0.25) is 0 Å². The van der Waals surface area contributed by atoms with Gasteiger partial charge in [-0.25, -0.2) is 9.59 Å². The topological polar surface area (TPSA) is 88.1 Å². The summed E-state index contributed by atoms with van der Waals surface area (Å²) in [6.07, 6.45) is 5.26. The minimum atomic E-state index is -0.606. The van der Waals surface area contributed by atoms with E-state index in [9.17, 15) is 14.4 Å². The van der Waals surface area contributed by atoms with Crippen molar-refractivity contribution in [3.63, 3.8) is 0 Å². The highest BCUT2D eigenvalue weighted by molar-refractivity contribution is 5.89. The SMILES string of the molecule is COC(=O)/C=C/[C@@H](OCc1ccccc1)[C@@H](CCCCC[C@H](C)OC(=O)c1ccccc1)OC=O. The van der Waals surface area contributed by atoms with Gasteiger partial charge in [-0.15, -0.1) is 0 Å². The van der Waals surface area contributed by atoms with Crippen LogP contribution >= 0.6 is 0 Å². The molecule has 2 aromatic carbocycles. The maximum atomic E-state index is 12.2. The second-order valence-electron chi connectivity index (χ2n) is 8.13. The number of unbranched alkanes of at least 4 members (excludes halogenated alkanes) is 2. The van der Waals surface area contributed by atoms with Crippen LogP contribution in [0.5, 0.6) is 0 Å². The van der Waals surface area contributed by atoms with E-state index in [1.165, 1.54) is 13.2 Å². The number of carbonyl (C=O) groups is 3. The zero-order valence-electron chi connectivity index (χ0n) is 20.3. The summed E-state index contributed by atoms with van der Waals surface area (Å²) >= 11 is 0. The van der Waals surface area contributed by atoms with Crippen molar-refractivity contribution < 1.29 is 33.3 Å². The van der Waals surface area contributed by atoms with Crippen molar-refractivity contribution in [1.82, 2.24) is 0 Å². The fourth-order valence-electron chi connectivity index (χ4n) is 3.51. The van der Waals surface area contributed by atoms with Gasteiger partial charge in [0.2, 0.25) is 0 Å². The van der Waals surface area contributed by atoms with Gasteiger partial charge in [0.1, 0.15) is 12.2 Å². The fourth-order valence-corrected chi connectivity index (χ4v) is 3.51. The zero-order valence-corrected chi connectivity index (χ0v) is 20.3. The molecule has 2 aromatic rings. The molecular formula is C28H34O7. The summed E-state index contributed by atoms with van der Waals surface area (Å²) in [6.45, 7) is 2.59. The summed E-state index contributed by atoms with van der Waals surface area (Å²) in [5.74, 6) is -0.837. The molecule has 0 N–H and O–H groups in total. The van der Waals surface area contributed by atoms with Crippen molar-refractivity contribution >= 4 is 18.4 Å². The van der Waals surface area contributed by atoms with E-state index in [-0.39, 0.29) is 12.1 Å².